The van der Waals surface area contributed by atoms with E-state index in [4.69, 9.17) is 16.1 Å². The molecule has 0 fully saturated rings. The molecule has 0 saturated heterocycles. The van der Waals surface area contributed by atoms with E-state index in [9.17, 15) is 8.78 Å². The van der Waals surface area contributed by atoms with E-state index < -0.39 is 18.6 Å². The van der Waals surface area contributed by atoms with Crippen molar-refractivity contribution in [2.45, 2.75) is 19.6 Å². The topological polar surface area (TPSA) is 82.9 Å². The lowest BCUT2D eigenvalue weighted by molar-refractivity contribution is 0.146. The van der Waals surface area contributed by atoms with Gasteiger partial charge in [0.25, 0.3) is 6.43 Å². The summed E-state index contributed by atoms with van der Waals surface area (Å²) >= 11 is 0. The van der Waals surface area contributed by atoms with Crippen molar-refractivity contribution in [2.24, 2.45) is 5.73 Å². The normalized spacial score (nSPS) is 10.4. The van der Waals surface area contributed by atoms with Crippen LogP contribution in [-0.4, -0.2) is 10.1 Å². The van der Waals surface area contributed by atoms with E-state index >= 15 is 0 Å². The quantitative estimate of drug-likeness (QED) is 0.779. The molecule has 0 atom stereocenters. The number of aliphatic hydroxyl groups is 1. The van der Waals surface area contributed by atoms with Crippen LogP contribution >= 0.6 is 0 Å². The number of aliphatic hydroxyl groups excluding tert-OH is 1. The van der Waals surface area contributed by atoms with E-state index in [0.717, 1.165) is 6.20 Å². The highest BCUT2D eigenvalue weighted by molar-refractivity contribution is 5.45. The summed E-state index contributed by atoms with van der Waals surface area (Å²) in [6.45, 7) is -0.655. The molecule has 0 radical (unpaired) electrons. The minimum Gasteiger partial charge on any atom is -0.392 e. The van der Waals surface area contributed by atoms with Gasteiger partial charge in [0, 0.05) is 23.9 Å². The number of aromatic nitrogens is 1. The highest BCUT2D eigenvalue weighted by atomic mass is 19.3. The van der Waals surface area contributed by atoms with Crippen LogP contribution in [0.15, 0.2) is 6.20 Å². The molecule has 0 spiro atoms. The van der Waals surface area contributed by atoms with Gasteiger partial charge >= 0.3 is 0 Å². The molecule has 0 saturated carbocycles. The number of pyridine rings is 1. The number of halogens is 2. The van der Waals surface area contributed by atoms with Crippen molar-refractivity contribution >= 4 is 0 Å². The van der Waals surface area contributed by atoms with Crippen LogP contribution in [0.1, 0.15) is 28.8 Å². The second kappa shape index (κ2) is 4.77. The van der Waals surface area contributed by atoms with Crippen molar-refractivity contribution < 1.29 is 13.9 Å². The van der Waals surface area contributed by atoms with Crippen LogP contribution < -0.4 is 5.73 Å². The Balaban J connectivity index is 3.43. The van der Waals surface area contributed by atoms with Crippen molar-refractivity contribution in [2.75, 3.05) is 0 Å². The van der Waals surface area contributed by atoms with E-state index in [-0.39, 0.29) is 23.4 Å². The van der Waals surface area contributed by atoms with Crippen LogP contribution in [-0.2, 0) is 13.2 Å². The molecule has 0 aromatic carbocycles. The first-order chi connectivity index (χ1) is 7.15. The minimum atomic E-state index is -2.77. The van der Waals surface area contributed by atoms with E-state index in [1.807, 2.05) is 0 Å². The van der Waals surface area contributed by atoms with Crippen LogP contribution in [0.4, 0.5) is 8.78 Å². The molecule has 80 valence electrons. The summed E-state index contributed by atoms with van der Waals surface area (Å²) in [5.41, 5.74) is 4.93. The van der Waals surface area contributed by atoms with Crippen LogP contribution in [0.3, 0.4) is 0 Å². The number of hydrogen-bond donors (Lipinski definition) is 2. The van der Waals surface area contributed by atoms with Crippen molar-refractivity contribution in [1.29, 1.82) is 5.26 Å². The van der Waals surface area contributed by atoms with E-state index in [1.54, 1.807) is 6.07 Å². The van der Waals surface area contributed by atoms with Gasteiger partial charge in [-0.3, -0.25) is 4.98 Å². The second-order valence-electron chi connectivity index (χ2n) is 2.79. The first-order valence-electron chi connectivity index (χ1n) is 4.15. The van der Waals surface area contributed by atoms with Gasteiger partial charge in [0.15, 0.2) is 0 Å². The lowest BCUT2D eigenvalue weighted by atomic mass is 10.0. The Kier molecular flexibility index (Phi) is 3.66. The molecule has 0 unspecified atom stereocenters. The van der Waals surface area contributed by atoms with Crippen LogP contribution in [0.2, 0.25) is 0 Å². The lowest BCUT2D eigenvalue weighted by Gasteiger charge is -2.10. The molecule has 1 aromatic heterocycles. The summed E-state index contributed by atoms with van der Waals surface area (Å²) in [6, 6.07) is 1.73. The number of rotatable bonds is 3. The second-order valence-corrected chi connectivity index (χ2v) is 2.79. The van der Waals surface area contributed by atoms with E-state index in [1.165, 1.54) is 0 Å². The maximum atomic E-state index is 12.5. The number of nitrogens with zero attached hydrogens (tertiary/aromatic N) is 2. The summed E-state index contributed by atoms with van der Waals surface area (Å²) in [5, 5.41) is 17.7. The Labute approximate surface area is 85.0 Å². The Morgan fingerprint density at radius 3 is 2.67 bits per heavy atom. The zero-order valence-corrected chi connectivity index (χ0v) is 7.74. The standard InChI is InChI=1S/C9H9F2N3O/c10-9(11)6-3-14-8(2-13)5(1-12)7(6)4-15/h3,9,15H,2,4,13H2. The van der Waals surface area contributed by atoms with Crippen molar-refractivity contribution in [3.8, 4) is 6.07 Å². The lowest BCUT2D eigenvalue weighted by Crippen LogP contribution is -2.09. The summed E-state index contributed by atoms with van der Waals surface area (Å²) in [5.74, 6) is 0. The summed E-state index contributed by atoms with van der Waals surface area (Å²) in [7, 11) is 0. The van der Waals surface area contributed by atoms with Gasteiger partial charge in [-0.1, -0.05) is 0 Å². The average molecular weight is 213 g/mol. The van der Waals surface area contributed by atoms with Gasteiger partial charge in [-0.15, -0.1) is 0 Å². The zero-order valence-electron chi connectivity index (χ0n) is 7.74. The fourth-order valence-corrected chi connectivity index (χ4v) is 1.25. The Bertz CT molecular complexity index is 401. The molecule has 0 aliphatic heterocycles. The molecule has 3 N–H and O–H groups in total. The van der Waals surface area contributed by atoms with E-state index in [2.05, 4.69) is 4.98 Å². The first-order valence-corrected chi connectivity index (χ1v) is 4.15. The molecule has 15 heavy (non-hydrogen) atoms. The van der Waals surface area contributed by atoms with Crippen molar-refractivity contribution in [3.63, 3.8) is 0 Å². The molecule has 1 aromatic rings. The summed E-state index contributed by atoms with van der Waals surface area (Å²) < 4.78 is 24.9. The van der Waals surface area contributed by atoms with Crippen LogP contribution in [0.25, 0.3) is 0 Å². The largest absolute Gasteiger partial charge is 0.392 e. The highest BCUT2D eigenvalue weighted by Gasteiger charge is 2.18. The smallest absolute Gasteiger partial charge is 0.265 e. The van der Waals surface area contributed by atoms with Crippen molar-refractivity contribution in [1.82, 2.24) is 4.98 Å². The van der Waals surface area contributed by atoms with Gasteiger partial charge in [0.1, 0.15) is 6.07 Å². The fourth-order valence-electron chi connectivity index (χ4n) is 1.25. The molecule has 6 heteroatoms. The van der Waals surface area contributed by atoms with Crippen molar-refractivity contribution in [3.05, 3.63) is 28.6 Å². The number of nitrogens with two attached hydrogens (primary N) is 1. The van der Waals surface area contributed by atoms with Gasteiger partial charge in [0.05, 0.1) is 17.9 Å². The Morgan fingerprint density at radius 1 is 1.60 bits per heavy atom. The molecule has 0 amide bonds. The average Bonchev–Trinajstić information content (AvgIpc) is 2.26. The molecule has 0 aliphatic rings. The van der Waals surface area contributed by atoms with E-state index in [0.29, 0.717) is 0 Å². The monoisotopic (exact) mass is 213 g/mol. The van der Waals surface area contributed by atoms with Gasteiger partial charge in [0.2, 0.25) is 0 Å². The van der Waals surface area contributed by atoms with Gasteiger partial charge < -0.3 is 10.8 Å². The predicted molar refractivity (Wildman–Crippen MR) is 47.7 cm³/mol. The summed E-state index contributed by atoms with van der Waals surface area (Å²) in [6.07, 6.45) is -1.82. The fraction of sp³-hybridized carbons (Fsp3) is 0.333. The maximum absolute atomic E-state index is 12.5. The Hall–Kier alpha value is -1.58. The predicted octanol–water partition coefficient (Wildman–Crippen LogP) is 0.842. The van der Waals surface area contributed by atoms with Crippen LogP contribution in [0, 0.1) is 11.3 Å². The first kappa shape index (κ1) is 11.5. The molecule has 0 bridgehead atoms. The van der Waals surface area contributed by atoms with Gasteiger partial charge in [-0.05, 0) is 0 Å². The SMILES string of the molecule is N#Cc1c(CN)ncc(C(F)F)c1CO. The molecular weight excluding hydrogens is 204 g/mol. The molecule has 1 heterocycles. The Morgan fingerprint density at radius 2 is 2.27 bits per heavy atom. The molecule has 0 aliphatic carbocycles. The number of nitriles is 1. The molecule has 4 nitrogen and oxygen atoms in total. The van der Waals surface area contributed by atoms with Gasteiger partial charge in [-0.25, -0.2) is 8.78 Å². The third kappa shape index (κ3) is 2.09. The highest BCUT2D eigenvalue weighted by Crippen LogP contribution is 2.25. The molecular formula is C9H9F2N3O. The maximum Gasteiger partial charge on any atom is 0.265 e. The molecule has 1 rings (SSSR count). The third-order valence-corrected chi connectivity index (χ3v) is 2.00. The van der Waals surface area contributed by atoms with Gasteiger partial charge in [-0.2, -0.15) is 5.26 Å². The number of alkyl halides is 2. The summed E-state index contributed by atoms with van der Waals surface area (Å²) in [4.78, 5) is 3.66. The van der Waals surface area contributed by atoms with Crippen LogP contribution in [0.5, 0.6) is 0 Å². The zero-order chi connectivity index (χ0) is 11.4. The third-order valence-electron chi connectivity index (χ3n) is 2.00. The number of hydrogen-bond acceptors (Lipinski definition) is 4. The minimum absolute atomic E-state index is 0.0284.